The van der Waals surface area contributed by atoms with E-state index >= 15 is 0 Å². The summed E-state index contributed by atoms with van der Waals surface area (Å²) in [6, 6.07) is 15.4. The summed E-state index contributed by atoms with van der Waals surface area (Å²) in [5.41, 5.74) is 2.66. The number of amides is 1. The lowest BCUT2D eigenvalue weighted by atomic mass is 10.2. The van der Waals surface area contributed by atoms with E-state index in [9.17, 15) is 9.18 Å². The van der Waals surface area contributed by atoms with Crippen molar-refractivity contribution in [3.8, 4) is 5.69 Å². The number of hydrogen-bond donors (Lipinski definition) is 0. The number of carbonyl (C=O) groups excluding carboxylic acids is 1. The standard InChI is InChI=1S/C24H21ClFN7OS/c25-17-2-6-20(7-3-17)33-21(16-35-24-27-10-1-11-28-24)22(29-30-33)23(34)32-14-12-31(13-15-32)19-8-4-18(26)5-9-19/h1-11H,12-16H2. The number of piperazine rings is 1. The van der Waals surface area contributed by atoms with Gasteiger partial charge in [0.1, 0.15) is 5.82 Å². The Kier molecular flexibility index (Phi) is 6.91. The van der Waals surface area contributed by atoms with Crippen LogP contribution < -0.4 is 4.90 Å². The Morgan fingerprint density at radius 2 is 1.60 bits per heavy atom. The maximum Gasteiger partial charge on any atom is 0.276 e. The van der Waals surface area contributed by atoms with E-state index in [-0.39, 0.29) is 11.7 Å². The highest BCUT2D eigenvalue weighted by molar-refractivity contribution is 7.98. The van der Waals surface area contributed by atoms with Crippen LogP contribution in [0, 0.1) is 5.82 Å². The molecular weight excluding hydrogens is 489 g/mol. The molecule has 8 nitrogen and oxygen atoms in total. The monoisotopic (exact) mass is 509 g/mol. The van der Waals surface area contributed by atoms with Crippen molar-refractivity contribution in [3.63, 3.8) is 0 Å². The fourth-order valence-electron chi connectivity index (χ4n) is 3.85. The van der Waals surface area contributed by atoms with Crippen LogP contribution in [0.4, 0.5) is 10.1 Å². The molecule has 1 aliphatic heterocycles. The van der Waals surface area contributed by atoms with Gasteiger partial charge in [-0.3, -0.25) is 4.79 Å². The molecule has 0 radical (unpaired) electrons. The molecule has 0 spiro atoms. The molecule has 0 atom stereocenters. The minimum Gasteiger partial charge on any atom is -0.368 e. The number of carbonyl (C=O) groups is 1. The highest BCUT2D eigenvalue weighted by Crippen LogP contribution is 2.25. The lowest BCUT2D eigenvalue weighted by Crippen LogP contribution is -2.49. The third-order valence-electron chi connectivity index (χ3n) is 5.68. The van der Waals surface area contributed by atoms with E-state index in [2.05, 4.69) is 25.2 Å². The van der Waals surface area contributed by atoms with Crippen LogP contribution in [-0.4, -0.2) is 61.9 Å². The molecule has 4 aromatic rings. The van der Waals surface area contributed by atoms with Gasteiger partial charge in [0.2, 0.25) is 0 Å². The number of rotatable bonds is 6. The molecule has 2 aromatic heterocycles. The Morgan fingerprint density at radius 1 is 0.943 bits per heavy atom. The van der Waals surface area contributed by atoms with Crippen LogP contribution in [0.1, 0.15) is 16.2 Å². The van der Waals surface area contributed by atoms with Gasteiger partial charge in [-0.15, -0.1) is 5.10 Å². The summed E-state index contributed by atoms with van der Waals surface area (Å²) < 4.78 is 14.9. The maximum atomic E-state index is 13.5. The van der Waals surface area contributed by atoms with Crippen molar-refractivity contribution >= 4 is 35.0 Å². The van der Waals surface area contributed by atoms with Crippen molar-refractivity contribution in [1.82, 2.24) is 29.9 Å². The second-order valence-electron chi connectivity index (χ2n) is 7.85. The second kappa shape index (κ2) is 10.4. The third kappa shape index (κ3) is 5.28. The molecule has 1 amide bonds. The molecule has 2 aromatic carbocycles. The fraction of sp³-hybridized carbons (Fsp3) is 0.208. The summed E-state index contributed by atoms with van der Waals surface area (Å²) in [6.45, 7) is 2.34. The summed E-state index contributed by atoms with van der Waals surface area (Å²) in [5.74, 6) is -0.0258. The summed E-state index contributed by atoms with van der Waals surface area (Å²) in [4.78, 5) is 25.9. The lowest BCUT2D eigenvalue weighted by molar-refractivity contribution is 0.0740. The van der Waals surface area contributed by atoms with Gasteiger partial charge >= 0.3 is 0 Å². The molecule has 0 bridgehead atoms. The van der Waals surface area contributed by atoms with Crippen LogP contribution in [-0.2, 0) is 5.75 Å². The first-order chi connectivity index (χ1) is 17.1. The van der Waals surface area contributed by atoms with Crippen LogP contribution in [0.25, 0.3) is 5.69 Å². The number of halogens is 2. The lowest BCUT2D eigenvalue weighted by Gasteiger charge is -2.35. The molecule has 0 saturated carbocycles. The van der Waals surface area contributed by atoms with E-state index in [1.807, 2.05) is 12.1 Å². The molecule has 1 aliphatic rings. The van der Waals surface area contributed by atoms with E-state index in [0.29, 0.717) is 53.5 Å². The molecule has 0 aliphatic carbocycles. The number of thioether (sulfide) groups is 1. The van der Waals surface area contributed by atoms with Crippen molar-refractivity contribution in [2.24, 2.45) is 0 Å². The average molecular weight is 510 g/mol. The number of benzene rings is 2. The number of aromatic nitrogens is 5. The third-order valence-corrected chi connectivity index (χ3v) is 6.81. The predicted molar refractivity (Wildman–Crippen MR) is 132 cm³/mol. The van der Waals surface area contributed by atoms with Gasteiger partial charge in [-0.05, 0) is 54.6 Å². The quantitative estimate of drug-likeness (QED) is 0.286. The average Bonchev–Trinajstić information content (AvgIpc) is 3.32. The van der Waals surface area contributed by atoms with Crippen molar-refractivity contribution in [2.75, 3.05) is 31.1 Å². The van der Waals surface area contributed by atoms with Gasteiger partial charge in [-0.2, -0.15) is 0 Å². The maximum absolute atomic E-state index is 13.5. The number of anilines is 1. The van der Waals surface area contributed by atoms with E-state index in [4.69, 9.17) is 11.6 Å². The highest BCUT2D eigenvalue weighted by atomic mass is 35.5. The number of nitrogens with zero attached hydrogens (tertiary/aromatic N) is 7. The van der Waals surface area contributed by atoms with Crippen LogP contribution in [0.5, 0.6) is 0 Å². The van der Waals surface area contributed by atoms with Gasteiger partial charge in [0.25, 0.3) is 5.91 Å². The Hall–Kier alpha value is -3.50. The minimum absolute atomic E-state index is 0.173. The van der Waals surface area contributed by atoms with Gasteiger partial charge < -0.3 is 9.80 Å². The topological polar surface area (TPSA) is 80.0 Å². The van der Waals surface area contributed by atoms with Gasteiger partial charge in [0, 0.05) is 55.0 Å². The molecule has 3 heterocycles. The minimum atomic E-state index is -0.266. The van der Waals surface area contributed by atoms with Gasteiger partial charge in [0.15, 0.2) is 10.9 Å². The molecule has 1 saturated heterocycles. The summed E-state index contributed by atoms with van der Waals surface area (Å²) >= 11 is 7.46. The number of hydrogen-bond acceptors (Lipinski definition) is 7. The Morgan fingerprint density at radius 3 is 2.29 bits per heavy atom. The Labute approximate surface area is 210 Å². The molecule has 1 fully saturated rings. The zero-order valence-electron chi connectivity index (χ0n) is 18.6. The van der Waals surface area contributed by atoms with Crippen LogP contribution in [0.2, 0.25) is 5.02 Å². The molecule has 5 rings (SSSR count). The first-order valence-electron chi connectivity index (χ1n) is 11.0. The SMILES string of the molecule is O=C(c1nnn(-c2ccc(Cl)cc2)c1CSc1ncccn1)N1CCN(c2ccc(F)cc2)CC1. The molecule has 0 N–H and O–H groups in total. The largest absolute Gasteiger partial charge is 0.368 e. The summed E-state index contributed by atoms with van der Waals surface area (Å²) in [7, 11) is 0. The van der Waals surface area contributed by atoms with Crippen molar-refractivity contribution < 1.29 is 9.18 Å². The van der Waals surface area contributed by atoms with Crippen molar-refractivity contribution in [2.45, 2.75) is 10.9 Å². The van der Waals surface area contributed by atoms with Crippen molar-refractivity contribution in [3.05, 3.63) is 89.2 Å². The van der Waals surface area contributed by atoms with Crippen LogP contribution in [0.3, 0.4) is 0 Å². The summed E-state index contributed by atoms with van der Waals surface area (Å²) in [5, 5.41) is 9.77. The van der Waals surface area contributed by atoms with Crippen LogP contribution >= 0.6 is 23.4 Å². The first-order valence-corrected chi connectivity index (χ1v) is 12.3. The molecule has 35 heavy (non-hydrogen) atoms. The van der Waals surface area contributed by atoms with Crippen molar-refractivity contribution in [1.29, 1.82) is 0 Å². The van der Waals surface area contributed by atoms with E-state index in [0.717, 1.165) is 11.4 Å². The molecular formula is C24H21ClFN7OS. The van der Waals surface area contributed by atoms with E-state index in [1.54, 1.807) is 52.3 Å². The van der Waals surface area contributed by atoms with E-state index < -0.39 is 0 Å². The molecule has 178 valence electrons. The fourth-order valence-corrected chi connectivity index (χ4v) is 4.77. The normalized spacial score (nSPS) is 13.8. The second-order valence-corrected chi connectivity index (χ2v) is 9.23. The van der Waals surface area contributed by atoms with E-state index in [1.165, 1.54) is 23.9 Å². The molecule has 11 heteroatoms. The predicted octanol–water partition coefficient (Wildman–Crippen LogP) is 4.10. The molecule has 0 unspecified atom stereocenters. The summed E-state index contributed by atoms with van der Waals surface area (Å²) in [6.07, 6.45) is 3.35. The Balaban J connectivity index is 1.36. The van der Waals surface area contributed by atoms with Gasteiger partial charge in [-0.1, -0.05) is 28.6 Å². The first kappa shape index (κ1) is 23.3. The van der Waals surface area contributed by atoms with Gasteiger partial charge in [0.05, 0.1) is 11.4 Å². The van der Waals surface area contributed by atoms with Crippen LogP contribution in [0.15, 0.2) is 72.1 Å². The zero-order chi connectivity index (χ0) is 24.2. The smallest absolute Gasteiger partial charge is 0.276 e. The zero-order valence-corrected chi connectivity index (χ0v) is 20.2. The Bertz CT molecular complexity index is 1290. The highest BCUT2D eigenvalue weighted by Gasteiger charge is 2.28. The van der Waals surface area contributed by atoms with Gasteiger partial charge in [-0.25, -0.2) is 19.0 Å².